The third-order valence-corrected chi connectivity index (χ3v) is 7.60. The summed E-state index contributed by atoms with van der Waals surface area (Å²) in [6.07, 6.45) is 1.37. The molecule has 0 amide bonds. The van der Waals surface area contributed by atoms with E-state index in [4.69, 9.17) is 19.2 Å². The van der Waals surface area contributed by atoms with E-state index in [1.54, 1.807) is 25.1 Å². The fourth-order valence-electron chi connectivity index (χ4n) is 4.79. The summed E-state index contributed by atoms with van der Waals surface area (Å²) in [4.78, 5) is 43.2. The van der Waals surface area contributed by atoms with Gasteiger partial charge in [-0.3, -0.25) is 19.5 Å². The van der Waals surface area contributed by atoms with Crippen LogP contribution >= 0.6 is 11.3 Å². The molecular weight excluding hydrogens is 550 g/mol. The molecule has 0 spiro atoms. The minimum absolute atomic E-state index is 0.0457. The number of fused-ring (bicyclic) bond motifs is 2. The summed E-state index contributed by atoms with van der Waals surface area (Å²) in [5.41, 5.74) is 0.822. The largest absolute Gasteiger partial charge is 0.502 e. The molecule has 3 heterocycles. The van der Waals surface area contributed by atoms with Crippen LogP contribution in [0.15, 0.2) is 82.1 Å². The molecule has 41 heavy (non-hydrogen) atoms. The second-order valence-corrected chi connectivity index (χ2v) is 10.0. The highest BCUT2D eigenvalue weighted by Gasteiger charge is 2.36. The van der Waals surface area contributed by atoms with Crippen molar-refractivity contribution in [3.05, 3.63) is 119 Å². The maximum absolute atomic E-state index is 14.0. The molecule has 0 aliphatic carbocycles. The Morgan fingerprint density at radius 3 is 2.71 bits per heavy atom. The zero-order chi connectivity index (χ0) is 28.7. The lowest BCUT2D eigenvalue weighted by Crippen LogP contribution is -2.40. The van der Waals surface area contributed by atoms with Gasteiger partial charge in [-0.25, -0.2) is 9.79 Å². The number of aromatic hydroxyl groups is 1. The Bertz CT molecular complexity index is 1930. The minimum Gasteiger partial charge on any atom is -0.502 e. The van der Waals surface area contributed by atoms with Gasteiger partial charge in [0.15, 0.2) is 16.3 Å². The first-order valence-electron chi connectivity index (χ1n) is 12.5. The maximum Gasteiger partial charge on any atom is 0.338 e. The third-order valence-electron chi connectivity index (χ3n) is 6.62. The molecule has 3 aromatic carbocycles. The lowest BCUT2D eigenvalue weighted by Gasteiger charge is -2.26. The number of aromatic nitrogens is 1. The van der Waals surface area contributed by atoms with Gasteiger partial charge >= 0.3 is 11.7 Å². The van der Waals surface area contributed by atoms with E-state index in [1.165, 1.54) is 28.8 Å². The van der Waals surface area contributed by atoms with Crippen molar-refractivity contribution in [1.82, 2.24) is 4.57 Å². The number of para-hydroxylation sites is 1. The van der Waals surface area contributed by atoms with Gasteiger partial charge in [0, 0.05) is 17.2 Å². The number of phenolic OH excluding ortho intramolecular Hbond substituents is 1. The van der Waals surface area contributed by atoms with Gasteiger partial charge in [0.25, 0.3) is 5.56 Å². The van der Waals surface area contributed by atoms with Crippen LogP contribution in [0.5, 0.6) is 17.2 Å². The average Bonchev–Trinajstić information content (AvgIpc) is 3.57. The SMILES string of the molecule is CCOC(=O)C1=C(c2ccccc2)N=c2sc(=Cc3cccc([N+](=O)[O-])c3O)c(=O)n2[C@H]1c1ccc2c(c1)OCO2. The van der Waals surface area contributed by atoms with Gasteiger partial charge < -0.3 is 19.3 Å². The van der Waals surface area contributed by atoms with Gasteiger partial charge in [0.2, 0.25) is 12.5 Å². The summed E-state index contributed by atoms with van der Waals surface area (Å²) in [7, 11) is 0. The normalized spacial score (nSPS) is 15.8. The molecule has 0 saturated heterocycles. The number of hydrogen-bond acceptors (Lipinski definition) is 10. The zero-order valence-corrected chi connectivity index (χ0v) is 22.3. The van der Waals surface area contributed by atoms with Gasteiger partial charge in [-0.2, -0.15) is 0 Å². The minimum atomic E-state index is -0.948. The molecule has 0 radical (unpaired) electrons. The zero-order valence-electron chi connectivity index (χ0n) is 21.5. The van der Waals surface area contributed by atoms with E-state index in [0.717, 1.165) is 11.3 Å². The number of nitro groups is 1. The monoisotopic (exact) mass is 571 g/mol. The van der Waals surface area contributed by atoms with Crippen LogP contribution in [0, 0.1) is 10.1 Å². The highest BCUT2D eigenvalue weighted by Crippen LogP contribution is 2.40. The molecule has 1 atom stereocenters. The molecule has 2 aliphatic rings. The van der Waals surface area contributed by atoms with Crippen LogP contribution in [-0.4, -0.2) is 34.0 Å². The fourth-order valence-corrected chi connectivity index (χ4v) is 5.78. The van der Waals surface area contributed by atoms with Crippen molar-refractivity contribution < 1.29 is 29.0 Å². The van der Waals surface area contributed by atoms with Gasteiger partial charge in [-0.05, 0) is 30.7 Å². The van der Waals surface area contributed by atoms with Crippen molar-refractivity contribution in [3.8, 4) is 17.2 Å². The first kappa shape index (κ1) is 26.0. The standard InChI is InChI=1S/C29H21N3O8S/c1-2-38-28(35)23-24(16-7-4-3-5-8-16)30-29-31(25(23)17-11-12-20-21(13-17)40-15-39-20)27(34)22(41-29)14-18-9-6-10-19(26(18)33)32(36)37/h3-14,25,33H,2,15H2,1H3/t25-/m0/s1. The van der Waals surface area contributed by atoms with E-state index >= 15 is 0 Å². The van der Waals surface area contributed by atoms with Crippen LogP contribution in [0.1, 0.15) is 29.7 Å². The molecule has 4 aromatic rings. The number of esters is 1. The number of ether oxygens (including phenoxy) is 3. The third kappa shape index (κ3) is 4.53. The smallest absolute Gasteiger partial charge is 0.338 e. The van der Waals surface area contributed by atoms with Crippen molar-refractivity contribution >= 4 is 34.8 Å². The number of hydrogen-bond donors (Lipinski definition) is 1. The lowest BCUT2D eigenvalue weighted by molar-refractivity contribution is -0.385. The van der Waals surface area contributed by atoms with E-state index < -0.39 is 33.9 Å². The Morgan fingerprint density at radius 2 is 1.95 bits per heavy atom. The molecule has 1 aromatic heterocycles. The Kier molecular flexibility index (Phi) is 6.59. The van der Waals surface area contributed by atoms with Crippen molar-refractivity contribution in [2.45, 2.75) is 13.0 Å². The van der Waals surface area contributed by atoms with E-state index in [1.807, 2.05) is 30.3 Å². The number of thiazole rings is 1. The highest BCUT2D eigenvalue weighted by atomic mass is 32.1. The molecule has 206 valence electrons. The Balaban J connectivity index is 1.65. The highest BCUT2D eigenvalue weighted by molar-refractivity contribution is 7.07. The maximum atomic E-state index is 14.0. The van der Waals surface area contributed by atoms with Crippen molar-refractivity contribution in [1.29, 1.82) is 0 Å². The van der Waals surface area contributed by atoms with Crippen LogP contribution < -0.4 is 24.4 Å². The molecule has 0 bridgehead atoms. The predicted octanol–water partition coefficient (Wildman–Crippen LogP) is 3.28. The fraction of sp³-hybridized carbons (Fsp3) is 0.138. The Hall–Kier alpha value is -5.23. The summed E-state index contributed by atoms with van der Waals surface area (Å²) < 4.78 is 18.0. The number of carbonyl (C=O) groups excluding carboxylic acids is 1. The second-order valence-electron chi connectivity index (χ2n) is 9.02. The summed E-state index contributed by atoms with van der Waals surface area (Å²) in [6, 6.07) is 17.4. The number of nitro benzene ring substituents is 1. The molecule has 6 rings (SSSR count). The van der Waals surface area contributed by atoms with Gasteiger partial charge in [-0.1, -0.05) is 59.9 Å². The predicted molar refractivity (Wildman–Crippen MR) is 148 cm³/mol. The first-order chi connectivity index (χ1) is 19.9. The van der Waals surface area contributed by atoms with Crippen LogP contribution in [-0.2, 0) is 9.53 Å². The van der Waals surface area contributed by atoms with Crippen LogP contribution in [0.25, 0.3) is 11.8 Å². The number of benzene rings is 3. The van der Waals surface area contributed by atoms with E-state index in [2.05, 4.69) is 0 Å². The average molecular weight is 572 g/mol. The number of nitrogens with zero attached hydrogens (tertiary/aromatic N) is 3. The number of carbonyl (C=O) groups is 1. The molecule has 0 unspecified atom stereocenters. The number of phenols is 1. The van der Waals surface area contributed by atoms with Crippen molar-refractivity contribution in [2.24, 2.45) is 4.99 Å². The van der Waals surface area contributed by atoms with E-state index in [0.29, 0.717) is 33.1 Å². The van der Waals surface area contributed by atoms with Crippen LogP contribution in [0.4, 0.5) is 5.69 Å². The molecular formula is C29H21N3O8S. The van der Waals surface area contributed by atoms with Crippen molar-refractivity contribution in [2.75, 3.05) is 13.4 Å². The van der Waals surface area contributed by atoms with Gasteiger partial charge in [0.1, 0.15) is 0 Å². The molecule has 0 fully saturated rings. The summed E-state index contributed by atoms with van der Waals surface area (Å²) in [6.45, 7) is 1.84. The molecule has 12 heteroatoms. The van der Waals surface area contributed by atoms with Gasteiger partial charge in [0.05, 0.1) is 33.4 Å². The van der Waals surface area contributed by atoms with Crippen LogP contribution in [0.3, 0.4) is 0 Å². The topological polar surface area (TPSA) is 142 Å². The molecule has 11 nitrogen and oxygen atoms in total. The van der Waals surface area contributed by atoms with E-state index in [-0.39, 0.29) is 29.1 Å². The van der Waals surface area contributed by atoms with Crippen molar-refractivity contribution in [3.63, 3.8) is 0 Å². The van der Waals surface area contributed by atoms with Crippen LogP contribution in [0.2, 0.25) is 0 Å². The molecule has 1 N–H and O–H groups in total. The summed E-state index contributed by atoms with van der Waals surface area (Å²) >= 11 is 1.03. The lowest BCUT2D eigenvalue weighted by atomic mass is 9.93. The quantitative estimate of drug-likeness (QED) is 0.211. The van der Waals surface area contributed by atoms with E-state index in [9.17, 15) is 24.8 Å². The molecule has 2 aliphatic heterocycles. The molecule has 0 saturated carbocycles. The van der Waals surface area contributed by atoms with Gasteiger partial charge in [-0.15, -0.1) is 0 Å². The Labute approximate surface area is 235 Å². The second kappa shape index (κ2) is 10.4. The summed E-state index contributed by atoms with van der Waals surface area (Å²) in [5, 5.41) is 21.8. The first-order valence-corrected chi connectivity index (χ1v) is 13.3. The summed E-state index contributed by atoms with van der Waals surface area (Å²) in [5.74, 6) is -0.198. The number of rotatable bonds is 6. The Morgan fingerprint density at radius 1 is 1.17 bits per heavy atom.